The monoisotopic (exact) mass is 401 g/mol. The van der Waals surface area contributed by atoms with Crippen LogP contribution in [0.25, 0.3) is 0 Å². The van der Waals surface area contributed by atoms with Crippen LogP contribution in [-0.4, -0.2) is 49.7 Å². The molecule has 3 rings (SSSR count). The highest BCUT2D eigenvalue weighted by atomic mass is 16.6. The highest BCUT2D eigenvalue weighted by Gasteiger charge is 2.29. The molecule has 6 heteroatoms. The van der Waals surface area contributed by atoms with E-state index in [1.54, 1.807) is 11.8 Å². The predicted molar refractivity (Wildman–Crippen MR) is 115 cm³/mol. The normalized spacial score (nSPS) is 20.2. The van der Waals surface area contributed by atoms with Gasteiger partial charge in [-0.05, 0) is 50.3 Å². The van der Waals surface area contributed by atoms with Gasteiger partial charge in [-0.15, -0.1) is 0 Å². The van der Waals surface area contributed by atoms with Gasteiger partial charge in [0, 0.05) is 38.4 Å². The predicted octanol–water partition coefficient (Wildman–Crippen LogP) is 3.94. The van der Waals surface area contributed by atoms with E-state index >= 15 is 0 Å². The third kappa shape index (κ3) is 5.87. The number of likely N-dealkylation sites (tertiary alicyclic amines) is 1. The lowest BCUT2D eigenvalue weighted by Crippen LogP contribution is -2.45. The van der Waals surface area contributed by atoms with Crippen LogP contribution in [0.15, 0.2) is 24.3 Å². The van der Waals surface area contributed by atoms with Crippen LogP contribution in [0.2, 0.25) is 0 Å². The number of carbonyl (C=O) groups excluding carboxylic acids is 2. The van der Waals surface area contributed by atoms with Crippen molar-refractivity contribution in [2.24, 2.45) is 5.92 Å². The largest absolute Gasteiger partial charge is 0.450 e. The number of piperidine rings is 1. The first-order chi connectivity index (χ1) is 14.1. The second-order valence-electron chi connectivity index (χ2n) is 8.27. The minimum Gasteiger partial charge on any atom is -0.450 e. The molecule has 1 saturated heterocycles. The average molecular weight is 402 g/mol. The molecule has 2 amide bonds. The molecule has 1 saturated carbocycles. The molecule has 1 N–H and O–H groups in total. The molecule has 1 aliphatic carbocycles. The maximum Gasteiger partial charge on any atom is 0.409 e. The zero-order valence-corrected chi connectivity index (χ0v) is 17.9. The number of anilines is 1. The van der Waals surface area contributed by atoms with Gasteiger partial charge in [-0.25, -0.2) is 4.79 Å². The van der Waals surface area contributed by atoms with Crippen LogP contribution in [-0.2, 0) is 16.1 Å². The summed E-state index contributed by atoms with van der Waals surface area (Å²) in [6.07, 6.45) is 7.90. The fourth-order valence-electron chi connectivity index (χ4n) is 4.43. The van der Waals surface area contributed by atoms with Gasteiger partial charge in [-0.2, -0.15) is 0 Å². The first-order valence-corrected chi connectivity index (χ1v) is 11.1. The summed E-state index contributed by atoms with van der Waals surface area (Å²) in [4.78, 5) is 28.5. The Labute approximate surface area is 174 Å². The molecule has 160 valence electrons. The molecule has 0 aromatic heterocycles. The van der Waals surface area contributed by atoms with Crippen LogP contribution in [0.1, 0.15) is 57.4 Å². The summed E-state index contributed by atoms with van der Waals surface area (Å²) >= 11 is 0. The number of hydrogen-bond donors (Lipinski definition) is 1. The van der Waals surface area contributed by atoms with Crippen molar-refractivity contribution in [3.05, 3.63) is 29.8 Å². The Morgan fingerprint density at radius 3 is 2.52 bits per heavy atom. The van der Waals surface area contributed by atoms with Gasteiger partial charge in [-0.3, -0.25) is 4.79 Å². The van der Waals surface area contributed by atoms with Crippen molar-refractivity contribution in [2.45, 2.75) is 64.5 Å². The Morgan fingerprint density at radius 1 is 1.10 bits per heavy atom. The quantitative estimate of drug-likeness (QED) is 0.784. The lowest BCUT2D eigenvalue weighted by Gasteiger charge is -2.33. The molecule has 6 nitrogen and oxygen atoms in total. The van der Waals surface area contributed by atoms with Crippen molar-refractivity contribution in [1.29, 1.82) is 0 Å². The molecule has 0 radical (unpaired) electrons. The molecule has 2 aliphatic rings. The maximum absolute atomic E-state index is 12.6. The molecule has 0 spiro atoms. The highest BCUT2D eigenvalue weighted by molar-refractivity contribution is 5.80. The standard InChI is InChI=1S/C23H35N3O3/c1-3-29-23(28)26-15-7-8-19(17-26)22(27)24-16-18-11-13-21(14-12-18)25(2)20-9-5-4-6-10-20/h11-14,19-20H,3-10,15-17H2,1-2H3,(H,24,27). The van der Waals surface area contributed by atoms with Crippen LogP contribution in [0.5, 0.6) is 0 Å². The number of benzene rings is 1. The molecule has 2 fully saturated rings. The number of hydrogen-bond acceptors (Lipinski definition) is 4. The summed E-state index contributed by atoms with van der Waals surface area (Å²) in [7, 11) is 2.19. The summed E-state index contributed by atoms with van der Waals surface area (Å²) < 4.78 is 5.06. The smallest absolute Gasteiger partial charge is 0.409 e. The van der Waals surface area contributed by atoms with Gasteiger partial charge in [0.1, 0.15) is 0 Å². The van der Waals surface area contributed by atoms with Crippen molar-refractivity contribution in [3.8, 4) is 0 Å². The Hall–Kier alpha value is -2.24. The SMILES string of the molecule is CCOC(=O)N1CCCC(C(=O)NCc2ccc(N(C)C3CCCCC3)cc2)C1. The zero-order chi connectivity index (χ0) is 20.6. The maximum atomic E-state index is 12.6. The van der Waals surface area contributed by atoms with Crippen LogP contribution in [0.4, 0.5) is 10.5 Å². The van der Waals surface area contributed by atoms with Crippen molar-refractivity contribution in [3.63, 3.8) is 0 Å². The van der Waals surface area contributed by atoms with E-state index in [0.29, 0.717) is 32.3 Å². The fourth-order valence-corrected chi connectivity index (χ4v) is 4.43. The topological polar surface area (TPSA) is 61.9 Å². The van der Waals surface area contributed by atoms with Crippen LogP contribution < -0.4 is 10.2 Å². The third-order valence-corrected chi connectivity index (χ3v) is 6.25. The third-order valence-electron chi connectivity index (χ3n) is 6.25. The fraction of sp³-hybridized carbons (Fsp3) is 0.652. The van der Waals surface area contributed by atoms with Crippen molar-refractivity contribution in [2.75, 3.05) is 31.6 Å². The van der Waals surface area contributed by atoms with Gasteiger partial charge in [-0.1, -0.05) is 31.4 Å². The van der Waals surface area contributed by atoms with E-state index in [-0.39, 0.29) is 17.9 Å². The zero-order valence-electron chi connectivity index (χ0n) is 17.9. The molecule has 1 aromatic rings. The molecular formula is C23H35N3O3. The molecule has 1 heterocycles. The van der Waals surface area contributed by atoms with E-state index in [0.717, 1.165) is 18.4 Å². The Kier molecular flexibility index (Phi) is 7.78. The van der Waals surface area contributed by atoms with E-state index in [1.807, 2.05) is 0 Å². The van der Waals surface area contributed by atoms with Gasteiger partial charge in [0.2, 0.25) is 5.91 Å². The molecule has 1 unspecified atom stereocenters. The van der Waals surface area contributed by atoms with Gasteiger partial charge in [0.15, 0.2) is 0 Å². The minimum absolute atomic E-state index is 0.0161. The van der Waals surface area contributed by atoms with Crippen molar-refractivity contribution >= 4 is 17.7 Å². The number of rotatable bonds is 6. The summed E-state index contributed by atoms with van der Waals surface area (Å²) in [5.74, 6) is -0.146. The van der Waals surface area contributed by atoms with Crippen LogP contribution in [0.3, 0.4) is 0 Å². The van der Waals surface area contributed by atoms with Gasteiger partial charge in [0.05, 0.1) is 12.5 Å². The Morgan fingerprint density at radius 2 is 1.83 bits per heavy atom. The van der Waals surface area contributed by atoms with Crippen LogP contribution in [0, 0.1) is 5.92 Å². The minimum atomic E-state index is -0.317. The van der Waals surface area contributed by atoms with Crippen LogP contribution >= 0.6 is 0 Å². The lowest BCUT2D eigenvalue weighted by molar-refractivity contribution is -0.126. The van der Waals surface area contributed by atoms with Crippen molar-refractivity contribution < 1.29 is 14.3 Å². The first-order valence-electron chi connectivity index (χ1n) is 11.1. The van der Waals surface area contributed by atoms with E-state index in [1.165, 1.54) is 37.8 Å². The molecule has 1 aromatic carbocycles. The lowest BCUT2D eigenvalue weighted by atomic mass is 9.94. The van der Waals surface area contributed by atoms with Gasteiger partial charge >= 0.3 is 6.09 Å². The average Bonchev–Trinajstić information content (AvgIpc) is 2.78. The molecule has 1 aliphatic heterocycles. The molecular weight excluding hydrogens is 366 g/mol. The summed E-state index contributed by atoms with van der Waals surface area (Å²) in [6, 6.07) is 9.14. The van der Waals surface area contributed by atoms with Gasteiger partial charge < -0.3 is 19.9 Å². The number of nitrogens with zero attached hydrogens (tertiary/aromatic N) is 2. The van der Waals surface area contributed by atoms with E-state index < -0.39 is 0 Å². The Balaban J connectivity index is 1.48. The second kappa shape index (κ2) is 10.5. The number of amides is 2. The van der Waals surface area contributed by atoms with Gasteiger partial charge in [0.25, 0.3) is 0 Å². The molecule has 29 heavy (non-hydrogen) atoms. The summed E-state index contributed by atoms with van der Waals surface area (Å²) in [5.41, 5.74) is 2.33. The number of carbonyl (C=O) groups is 2. The van der Waals surface area contributed by atoms with E-state index in [2.05, 4.69) is 41.5 Å². The number of ether oxygens (including phenoxy) is 1. The molecule has 0 bridgehead atoms. The Bertz CT molecular complexity index is 670. The number of nitrogens with one attached hydrogen (secondary N) is 1. The second-order valence-corrected chi connectivity index (χ2v) is 8.27. The summed E-state index contributed by atoms with van der Waals surface area (Å²) in [5, 5.41) is 3.04. The molecule has 1 atom stereocenters. The van der Waals surface area contributed by atoms with E-state index in [9.17, 15) is 9.59 Å². The first kappa shape index (κ1) is 21.5. The van der Waals surface area contributed by atoms with E-state index in [4.69, 9.17) is 4.74 Å². The highest BCUT2D eigenvalue weighted by Crippen LogP contribution is 2.26. The summed E-state index contributed by atoms with van der Waals surface area (Å²) in [6.45, 7) is 3.78. The van der Waals surface area contributed by atoms with Crippen molar-refractivity contribution in [1.82, 2.24) is 10.2 Å².